The standard InChI is InChI=1S/C26H24N6O3/c1-16(12-34-2)32-15-28-30-26(32)22-5-3-4-21(29-22)20-13-35-24-9-8-18(10-19(24)25(20)33)31-11-23(27-14-31)17-6-7-17/h3-5,8-11,13-17H,6-7,12H2,1-2H3. The Morgan fingerprint density at radius 1 is 1.17 bits per heavy atom. The van der Waals surface area contributed by atoms with Crippen LogP contribution in [0, 0.1) is 0 Å². The molecule has 1 atom stereocenters. The third kappa shape index (κ3) is 3.93. The van der Waals surface area contributed by atoms with Crippen LogP contribution in [0.25, 0.3) is 39.4 Å². The zero-order valence-electron chi connectivity index (χ0n) is 19.5. The smallest absolute Gasteiger partial charge is 0.202 e. The summed E-state index contributed by atoms with van der Waals surface area (Å²) in [5, 5.41) is 8.78. The number of pyridine rings is 1. The maximum Gasteiger partial charge on any atom is 0.202 e. The molecule has 0 aliphatic heterocycles. The Balaban J connectivity index is 1.39. The van der Waals surface area contributed by atoms with Gasteiger partial charge < -0.3 is 18.3 Å². The van der Waals surface area contributed by atoms with Crippen molar-refractivity contribution >= 4 is 11.0 Å². The normalized spacial score (nSPS) is 14.5. The maximum atomic E-state index is 13.5. The van der Waals surface area contributed by atoms with E-state index in [-0.39, 0.29) is 11.5 Å². The average Bonchev–Trinajstić information content (AvgIpc) is 3.40. The van der Waals surface area contributed by atoms with Crippen LogP contribution in [-0.2, 0) is 4.74 Å². The van der Waals surface area contributed by atoms with Crippen LogP contribution in [0.1, 0.15) is 37.4 Å². The van der Waals surface area contributed by atoms with E-state index < -0.39 is 0 Å². The molecule has 1 aliphatic rings. The van der Waals surface area contributed by atoms with Gasteiger partial charge in [-0.2, -0.15) is 0 Å². The molecular formula is C26H24N6O3. The van der Waals surface area contributed by atoms with Crippen LogP contribution < -0.4 is 5.43 Å². The Kier molecular flexibility index (Phi) is 5.26. The third-order valence-electron chi connectivity index (χ3n) is 6.36. The van der Waals surface area contributed by atoms with Gasteiger partial charge in [-0.25, -0.2) is 9.97 Å². The fourth-order valence-corrected chi connectivity index (χ4v) is 4.30. The highest BCUT2D eigenvalue weighted by molar-refractivity contribution is 5.83. The molecule has 5 aromatic rings. The molecule has 0 spiro atoms. The summed E-state index contributed by atoms with van der Waals surface area (Å²) in [5.74, 6) is 1.17. The van der Waals surface area contributed by atoms with E-state index in [9.17, 15) is 4.79 Å². The van der Waals surface area contributed by atoms with Crippen LogP contribution in [0.5, 0.6) is 0 Å². The molecule has 0 radical (unpaired) electrons. The van der Waals surface area contributed by atoms with Gasteiger partial charge in [-0.15, -0.1) is 10.2 Å². The van der Waals surface area contributed by atoms with Gasteiger partial charge >= 0.3 is 0 Å². The Hall–Kier alpha value is -4.11. The van der Waals surface area contributed by atoms with Crippen LogP contribution >= 0.6 is 0 Å². The fraction of sp³-hybridized carbons (Fsp3) is 0.269. The largest absolute Gasteiger partial charge is 0.463 e. The van der Waals surface area contributed by atoms with Crippen LogP contribution in [0.4, 0.5) is 0 Å². The van der Waals surface area contributed by atoms with Crippen molar-refractivity contribution in [2.24, 2.45) is 0 Å². The zero-order valence-corrected chi connectivity index (χ0v) is 19.5. The van der Waals surface area contributed by atoms with Gasteiger partial charge in [0.05, 0.1) is 41.3 Å². The summed E-state index contributed by atoms with van der Waals surface area (Å²) in [6, 6.07) is 11.1. The Morgan fingerprint density at radius 2 is 2.03 bits per heavy atom. The molecule has 1 fully saturated rings. The Morgan fingerprint density at radius 3 is 2.86 bits per heavy atom. The van der Waals surface area contributed by atoms with Gasteiger partial charge in [0.25, 0.3) is 0 Å². The van der Waals surface area contributed by atoms with E-state index in [0.717, 1.165) is 11.4 Å². The molecule has 6 rings (SSSR count). The summed E-state index contributed by atoms with van der Waals surface area (Å²) in [6.07, 6.45) is 9.34. The van der Waals surface area contributed by atoms with E-state index in [1.807, 2.05) is 52.6 Å². The molecule has 1 unspecified atom stereocenters. The van der Waals surface area contributed by atoms with Crippen LogP contribution in [0.2, 0.25) is 0 Å². The first-order valence-corrected chi connectivity index (χ1v) is 11.6. The van der Waals surface area contributed by atoms with E-state index in [0.29, 0.717) is 46.3 Å². The quantitative estimate of drug-likeness (QED) is 0.349. The van der Waals surface area contributed by atoms with Gasteiger partial charge in [0.2, 0.25) is 5.43 Å². The molecule has 4 heterocycles. The number of hydrogen-bond acceptors (Lipinski definition) is 7. The number of benzene rings is 1. The minimum Gasteiger partial charge on any atom is -0.463 e. The van der Waals surface area contributed by atoms with Crippen molar-refractivity contribution in [3.8, 4) is 28.5 Å². The van der Waals surface area contributed by atoms with Crippen LogP contribution in [0.3, 0.4) is 0 Å². The lowest BCUT2D eigenvalue weighted by Gasteiger charge is -2.14. The second-order valence-corrected chi connectivity index (χ2v) is 8.91. The first-order chi connectivity index (χ1) is 17.1. The maximum absolute atomic E-state index is 13.5. The molecule has 4 aromatic heterocycles. The van der Waals surface area contributed by atoms with Gasteiger partial charge in [-0.05, 0) is 50.1 Å². The fourth-order valence-electron chi connectivity index (χ4n) is 4.30. The van der Waals surface area contributed by atoms with Crippen molar-refractivity contribution in [3.63, 3.8) is 0 Å². The molecule has 0 bridgehead atoms. The summed E-state index contributed by atoms with van der Waals surface area (Å²) in [4.78, 5) is 22.8. The molecule has 1 aliphatic carbocycles. The lowest BCUT2D eigenvalue weighted by molar-refractivity contribution is 0.162. The molecule has 0 N–H and O–H groups in total. The second kappa shape index (κ2) is 8.59. The van der Waals surface area contributed by atoms with Crippen molar-refractivity contribution in [2.75, 3.05) is 13.7 Å². The van der Waals surface area contributed by atoms with E-state index in [4.69, 9.17) is 14.1 Å². The minimum absolute atomic E-state index is 0.0308. The third-order valence-corrected chi connectivity index (χ3v) is 6.36. The highest BCUT2D eigenvalue weighted by Crippen LogP contribution is 2.39. The summed E-state index contributed by atoms with van der Waals surface area (Å²) < 4.78 is 15.0. The van der Waals surface area contributed by atoms with E-state index >= 15 is 0 Å². The number of methoxy groups -OCH3 is 1. The molecule has 0 saturated heterocycles. The van der Waals surface area contributed by atoms with E-state index in [1.54, 1.807) is 25.8 Å². The first kappa shape index (κ1) is 21.4. The van der Waals surface area contributed by atoms with Gasteiger partial charge in [-0.3, -0.25) is 4.79 Å². The Labute approximate surface area is 201 Å². The zero-order chi connectivity index (χ0) is 23.9. The lowest BCUT2D eigenvalue weighted by Crippen LogP contribution is -2.12. The summed E-state index contributed by atoms with van der Waals surface area (Å²) in [5.41, 5.74) is 3.85. The van der Waals surface area contributed by atoms with Gasteiger partial charge in [0.15, 0.2) is 5.82 Å². The van der Waals surface area contributed by atoms with Crippen LogP contribution in [-0.4, -0.2) is 43.0 Å². The number of hydrogen-bond donors (Lipinski definition) is 0. The second-order valence-electron chi connectivity index (χ2n) is 8.91. The number of fused-ring (bicyclic) bond motifs is 1. The summed E-state index contributed by atoms with van der Waals surface area (Å²) in [7, 11) is 1.66. The van der Waals surface area contributed by atoms with Crippen molar-refractivity contribution in [1.82, 2.24) is 29.3 Å². The monoisotopic (exact) mass is 468 g/mol. The van der Waals surface area contributed by atoms with Gasteiger partial charge in [-0.1, -0.05) is 6.07 Å². The minimum atomic E-state index is -0.144. The molecule has 1 aromatic carbocycles. The van der Waals surface area contributed by atoms with Crippen molar-refractivity contribution < 1.29 is 9.15 Å². The van der Waals surface area contributed by atoms with Gasteiger partial charge in [0, 0.05) is 24.9 Å². The first-order valence-electron chi connectivity index (χ1n) is 11.6. The molecule has 9 heteroatoms. The number of nitrogens with zero attached hydrogens (tertiary/aromatic N) is 6. The predicted octanol–water partition coefficient (Wildman–Crippen LogP) is 4.38. The number of rotatable bonds is 7. The summed E-state index contributed by atoms with van der Waals surface area (Å²) >= 11 is 0. The molecular weight excluding hydrogens is 444 g/mol. The van der Waals surface area contributed by atoms with E-state index in [2.05, 4.69) is 15.2 Å². The molecule has 176 valence electrons. The predicted molar refractivity (Wildman–Crippen MR) is 130 cm³/mol. The molecule has 9 nitrogen and oxygen atoms in total. The molecule has 35 heavy (non-hydrogen) atoms. The number of ether oxygens (including phenoxy) is 1. The van der Waals surface area contributed by atoms with Crippen molar-refractivity contribution in [1.29, 1.82) is 0 Å². The number of aromatic nitrogens is 6. The van der Waals surface area contributed by atoms with Crippen molar-refractivity contribution in [2.45, 2.75) is 31.7 Å². The number of imidazole rings is 1. The van der Waals surface area contributed by atoms with Gasteiger partial charge in [0.1, 0.15) is 23.9 Å². The topological polar surface area (TPSA) is 101 Å². The highest BCUT2D eigenvalue weighted by atomic mass is 16.5. The molecule has 0 amide bonds. The van der Waals surface area contributed by atoms with Crippen LogP contribution in [0.15, 0.2) is 70.7 Å². The lowest BCUT2D eigenvalue weighted by atomic mass is 10.1. The SMILES string of the molecule is COCC(C)n1cnnc1-c1cccc(-c2coc3ccc(-n4cnc(C5CC5)c4)cc3c2=O)n1. The Bertz CT molecular complexity index is 1580. The van der Waals surface area contributed by atoms with E-state index in [1.165, 1.54) is 19.1 Å². The molecule has 1 saturated carbocycles. The highest BCUT2D eigenvalue weighted by Gasteiger charge is 2.26. The van der Waals surface area contributed by atoms with Crippen molar-refractivity contribution in [3.05, 3.63) is 77.4 Å². The average molecular weight is 469 g/mol. The summed E-state index contributed by atoms with van der Waals surface area (Å²) in [6.45, 7) is 2.53.